The highest BCUT2D eigenvalue weighted by Crippen LogP contribution is 2.30. The second-order valence-corrected chi connectivity index (χ2v) is 8.53. The van der Waals surface area contributed by atoms with Gasteiger partial charge in [-0.25, -0.2) is 4.79 Å². The van der Waals surface area contributed by atoms with E-state index in [1.165, 1.54) is 12.8 Å². The quantitative estimate of drug-likeness (QED) is 0.432. The second kappa shape index (κ2) is 14.1. The fraction of sp³-hybridized carbons (Fsp3) is 0.692. The first-order valence-electron chi connectivity index (χ1n) is 12.1. The third-order valence-corrected chi connectivity index (χ3v) is 5.65. The highest BCUT2D eigenvalue weighted by atomic mass is 16.2. The summed E-state index contributed by atoms with van der Waals surface area (Å²) in [5, 5.41) is 0. The second-order valence-electron chi connectivity index (χ2n) is 8.53. The van der Waals surface area contributed by atoms with Crippen molar-refractivity contribution < 1.29 is 4.79 Å². The van der Waals surface area contributed by atoms with Gasteiger partial charge in [-0.2, -0.15) is 0 Å². The van der Waals surface area contributed by atoms with Gasteiger partial charge in [0.1, 0.15) is 0 Å². The number of hydrogen-bond donors (Lipinski definition) is 0. The van der Waals surface area contributed by atoms with Crippen LogP contribution in [0.25, 0.3) is 0 Å². The third kappa shape index (κ3) is 7.86. The van der Waals surface area contributed by atoms with E-state index in [0.29, 0.717) is 12.1 Å². The normalized spacial score (nSPS) is 14.1. The van der Waals surface area contributed by atoms with E-state index in [9.17, 15) is 9.59 Å². The Bertz CT molecular complexity index is 734. The molecule has 0 saturated carbocycles. The zero-order chi connectivity index (χ0) is 24.2. The van der Waals surface area contributed by atoms with Crippen LogP contribution < -0.4 is 5.56 Å². The molecule has 1 aromatic rings. The molecule has 0 N–H and O–H groups in total. The van der Waals surface area contributed by atoms with Crippen LogP contribution in [0.4, 0.5) is 4.79 Å². The van der Waals surface area contributed by atoms with Crippen LogP contribution >= 0.6 is 0 Å². The van der Waals surface area contributed by atoms with Crippen LogP contribution in [0, 0.1) is 5.92 Å². The number of carbonyl (C=O) groups is 1. The van der Waals surface area contributed by atoms with Gasteiger partial charge in [-0.15, -0.1) is 0 Å². The molecule has 0 spiro atoms. The predicted molar refractivity (Wildman–Crippen MR) is 133 cm³/mol. The van der Waals surface area contributed by atoms with Gasteiger partial charge >= 0.3 is 6.03 Å². The number of hydrogen-bond acceptors (Lipinski definition) is 2. The number of urea groups is 1. The van der Waals surface area contributed by atoms with Crippen LogP contribution in [0.1, 0.15) is 93.1 Å². The maximum atomic E-state index is 13.1. The van der Waals surface area contributed by atoms with Crippen molar-refractivity contribution in [1.82, 2.24) is 14.4 Å². The van der Waals surface area contributed by atoms with Crippen molar-refractivity contribution in [2.75, 3.05) is 13.6 Å². The fourth-order valence-electron chi connectivity index (χ4n) is 3.67. The molecule has 1 aliphatic rings. The van der Waals surface area contributed by atoms with Gasteiger partial charge in [-0.05, 0) is 38.3 Å². The van der Waals surface area contributed by atoms with Gasteiger partial charge in [0.2, 0.25) is 0 Å². The first kappa shape index (κ1) is 29.0. The smallest absolute Gasteiger partial charge is 0.315 e. The molecular formula is C26H47N3O2. The van der Waals surface area contributed by atoms with Crippen LogP contribution in [-0.2, 0) is 12.1 Å². The van der Waals surface area contributed by atoms with E-state index in [1.54, 1.807) is 21.4 Å². The lowest BCUT2D eigenvalue weighted by Crippen LogP contribution is -2.55. The number of aromatic nitrogens is 1. The first-order valence-corrected chi connectivity index (χ1v) is 12.1. The Morgan fingerprint density at radius 2 is 1.68 bits per heavy atom. The summed E-state index contributed by atoms with van der Waals surface area (Å²) in [7, 11) is 1.74. The summed E-state index contributed by atoms with van der Waals surface area (Å²) >= 11 is 0. The molecule has 31 heavy (non-hydrogen) atoms. The van der Waals surface area contributed by atoms with Gasteiger partial charge < -0.3 is 14.4 Å². The molecular weight excluding hydrogens is 386 g/mol. The van der Waals surface area contributed by atoms with Crippen LogP contribution in [0.2, 0.25) is 0 Å². The van der Waals surface area contributed by atoms with Crippen molar-refractivity contribution in [2.24, 2.45) is 5.92 Å². The van der Waals surface area contributed by atoms with E-state index in [4.69, 9.17) is 0 Å². The molecule has 0 aliphatic carbocycles. The van der Waals surface area contributed by atoms with Crippen molar-refractivity contribution in [3.05, 3.63) is 46.5 Å². The number of unbranched alkanes of at least 4 members (excludes halogenated alkanes) is 2. The Labute approximate surface area is 191 Å². The van der Waals surface area contributed by atoms with E-state index in [-0.39, 0.29) is 11.6 Å². The molecule has 0 radical (unpaired) electrons. The standard InChI is InChI=1S/C22H35N3O2.2C2H6/c1-17(2)11-8-7-9-14-24-15-10-12-19(20(24)26)22(4,5)25-16-13-18(3)23(6)21(25)27;2*1-2/h10,12,15,17H,3,7-9,11,13-14,16H2,1-2,4-6H3;2*1-2H3. The average molecular weight is 434 g/mol. The summed E-state index contributed by atoms with van der Waals surface area (Å²) in [5.41, 5.74) is 0.829. The van der Waals surface area contributed by atoms with Crippen molar-refractivity contribution in [1.29, 1.82) is 0 Å². The van der Waals surface area contributed by atoms with Crippen LogP contribution in [0.3, 0.4) is 0 Å². The summed E-state index contributed by atoms with van der Waals surface area (Å²) in [5.74, 6) is 0.730. The third-order valence-electron chi connectivity index (χ3n) is 5.65. The highest BCUT2D eigenvalue weighted by Gasteiger charge is 2.39. The maximum absolute atomic E-state index is 13.1. The molecule has 0 bridgehead atoms. The summed E-state index contributed by atoms with van der Waals surface area (Å²) in [4.78, 5) is 29.2. The number of amides is 2. The Morgan fingerprint density at radius 3 is 2.26 bits per heavy atom. The minimum absolute atomic E-state index is 0.00575. The van der Waals surface area contributed by atoms with E-state index < -0.39 is 5.54 Å². The molecule has 2 amide bonds. The SMILES string of the molecule is C=C1CCN(C(C)(C)c2cccn(CCCCCC(C)C)c2=O)C(=O)N1C.CC.CC. The zero-order valence-electron chi connectivity index (χ0n) is 21.6. The molecule has 1 fully saturated rings. The molecule has 178 valence electrons. The molecule has 5 nitrogen and oxygen atoms in total. The van der Waals surface area contributed by atoms with Gasteiger partial charge in [0.15, 0.2) is 0 Å². The van der Waals surface area contributed by atoms with Crippen molar-refractivity contribution >= 4 is 6.03 Å². The molecule has 0 unspecified atom stereocenters. The molecule has 1 aromatic heterocycles. The van der Waals surface area contributed by atoms with Crippen LogP contribution in [0.5, 0.6) is 0 Å². The molecule has 1 saturated heterocycles. The molecule has 5 heteroatoms. The largest absolute Gasteiger partial charge is 0.324 e. The minimum atomic E-state index is -0.663. The Balaban J connectivity index is 0.00000212. The first-order chi connectivity index (χ1) is 14.7. The molecule has 1 aliphatic heterocycles. The van der Waals surface area contributed by atoms with E-state index in [1.807, 2.05) is 59.9 Å². The maximum Gasteiger partial charge on any atom is 0.324 e. The molecule has 2 heterocycles. The lowest BCUT2D eigenvalue weighted by molar-refractivity contribution is 0.0974. The van der Waals surface area contributed by atoms with Crippen molar-refractivity contribution in [2.45, 2.75) is 99.6 Å². The van der Waals surface area contributed by atoms with E-state index in [0.717, 1.165) is 37.4 Å². The summed E-state index contributed by atoms with van der Waals surface area (Å²) in [6.07, 6.45) is 7.16. The molecule has 2 rings (SSSR count). The van der Waals surface area contributed by atoms with Crippen LogP contribution in [0.15, 0.2) is 35.4 Å². The number of rotatable bonds is 8. The lowest BCUT2D eigenvalue weighted by atomic mass is 9.92. The van der Waals surface area contributed by atoms with Gasteiger partial charge in [-0.1, -0.05) is 67.4 Å². The number of pyridine rings is 1. The number of carbonyl (C=O) groups excluding carboxylic acids is 1. The molecule has 0 aromatic carbocycles. The van der Waals surface area contributed by atoms with E-state index >= 15 is 0 Å². The number of aryl methyl sites for hydroxylation is 1. The fourth-order valence-corrected chi connectivity index (χ4v) is 3.67. The van der Waals surface area contributed by atoms with Gasteiger partial charge in [0.05, 0.1) is 5.54 Å². The zero-order valence-corrected chi connectivity index (χ0v) is 21.6. The van der Waals surface area contributed by atoms with Crippen molar-refractivity contribution in [3.8, 4) is 0 Å². The Kier molecular flexibility index (Phi) is 13.2. The van der Waals surface area contributed by atoms with Crippen molar-refractivity contribution in [3.63, 3.8) is 0 Å². The Morgan fingerprint density at radius 1 is 1.06 bits per heavy atom. The summed E-state index contributed by atoms with van der Waals surface area (Å²) < 4.78 is 1.80. The highest BCUT2D eigenvalue weighted by molar-refractivity contribution is 5.78. The predicted octanol–water partition coefficient (Wildman–Crippen LogP) is 6.62. The van der Waals surface area contributed by atoms with Gasteiger partial charge in [0, 0.05) is 44.0 Å². The summed E-state index contributed by atoms with van der Waals surface area (Å²) in [6, 6.07) is 3.68. The minimum Gasteiger partial charge on any atom is -0.315 e. The molecule has 0 atom stereocenters. The lowest BCUT2D eigenvalue weighted by Gasteiger charge is -2.44. The number of nitrogens with zero attached hydrogens (tertiary/aromatic N) is 3. The van der Waals surface area contributed by atoms with Gasteiger partial charge in [0.25, 0.3) is 5.56 Å². The van der Waals surface area contributed by atoms with Crippen LogP contribution in [-0.4, -0.2) is 34.0 Å². The monoisotopic (exact) mass is 433 g/mol. The Hall–Kier alpha value is -2.04. The van der Waals surface area contributed by atoms with Gasteiger partial charge in [-0.3, -0.25) is 4.79 Å². The van der Waals surface area contributed by atoms with E-state index in [2.05, 4.69) is 20.4 Å². The topological polar surface area (TPSA) is 45.6 Å². The average Bonchev–Trinajstić information content (AvgIpc) is 2.75. The summed E-state index contributed by atoms with van der Waals surface area (Å²) in [6.45, 7) is 21.6.